The highest BCUT2D eigenvalue weighted by atomic mass is 16.7. The maximum Gasteiger partial charge on any atom is 0.414 e. The van der Waals surface area contributed by atoms with E-state index in [4.69, 9.17) is 18.9 Å². The molecule has 2 atom stereocenters. The second kappa shape index (κ2) is 8.50. The molecule has 0 bridgehead atoms. The van der Waals surface area contributed by atoms with Gasteiger partial charge in [0.2, 0.25) is 6.29 Å². The predicted octanol–water partition coefficient (Wildman–Crippen LogP) is 2.45. The van der Waals surface area contributed by atoms with Gasteiger partial charge in [0.25, 0.3) is 0 Å². The zero-order valence-corrected chi connectivity index (χ0v) is 13.2. The molecule has 0 radical (unpaired) electrons. The molecule has 7 heteroatoms. The van der Waals surface area contributed by atoms with Crippen LogP contribution < -0.4 is 5.32 Å². The molecule has 0 aromatic heterocycles. The number of carbonyl (C=O) groups is 2. The Labute approximate surface area is 134 Å². The molecule has 1 aliphatic rings. The summed E-state index contributed by atoms with van der Waals surface area (Å²) in [6.07, 6.45) is -0.770. The van der Waals surface area contributed by atoms with Gasteiger partial charge in [-0.25, -0.2) is 4.79 Å². The molecule has 1 N–H and O–H groups in total. The summed E-state index contributed by atoms with van der Waals surface area (Å²) < 4.78 is 20.7. The molecule has 0 aliphatic carbocycles. The molecule has 1 aliphatic heterocycles. The van der Waals surface area contributed by atoms with Crippen molar-refractivity contribution in [2.24, 2.45) is 0 Å². The minimum atomic E-state index is -0.889. The van der Waals surface area contributed by atoms with Crippen LogP contribution in [0.3, 0.4) is 0 Å². The lowest BCUT2D eigenvalue weighted by molar-refractivity contribution is -0.203. The van der Waals surface area contributed by atoms with Crippen LogP contribution in [0.1, 0.15) is 25.3 Å². The zero-order chi connectivity index (χ0) is 16.7. The molecule has 126 valence electrons. The summed E-state index contributed by atoms with van der Waals surface area (Å²) in [5.41, 5.74) is 1.59. The first-order valence-corrected chi connectivity index (χ1v) is 7.43. The average molecular weight is 323 g/mol. The van der Waals surface area contributed by atoms with Crippen LogP contribution in [-0.4, -0.2) is 38.2 Å². The second-order valence-corrected chi connectivity index (χ2v) is 5.19. The van der Waals surface area contributed by atoms with Crippen LogP contribution in [0.15, 0.2) is 24.3 Å². The van der Waals surface area contributed by atoms with Gasteiger partial charge in [0.05, 0.1) is 13.2 Å². The number of rotatable bonds is 5. The fraction of sp³-hybridized carbons (Fsp3) is 0.500. The van der Waals surface area contributed by atoms with Crippen molar-refractivity contribution in [2.45, 2.75) is 38.8 Å². The number of hydrogen-bond acceptors (Lipinski definition) is 6. The quantitative estimate of drug-likeness (QED) is 0.838. The number of amides is 1. The fourth-order valence-corrected chi connectivity index (χ4v) is 2.27. The van der Waals surface area contributed by atoms with E-state index < -0.39 is 24.5 Å². The maximum atomic E-state index is 11.9. The van der Waals surface area contributed by atoms with Gasteiger partial charge >= 0.3 is 12.1 Å². The Morgan fingerprint density at radius 3 is 2.65 bits per heavy atom. The molecule has 1 aromatic rings. The highest BCUT2D eigenvalue weighted by Crippen LogP contribution is 2.19. The van der Waals surface area contributed by atoms with E-state index in [-0.39, 0.29) is 0 Å². The lowest BCUT2D eigenvalue weighted by Crippen LogP contribution is -2.41. The van der Waals surface area contributed by atoms with E-state index >= 15 is 0 Å². The van der Waals surface area contributed by atoms with Gasteiger partial charge < -0.3 is 18.9 Å². The van der Waals surface area contributed by atoms with Crippen LogP contribution in [0.4, 0.5) is 10.5 Å². The lowest BCUT2D eigenvalue weighted by atomic mass is 10.1. The molecular weight excluding hydrogens is 302 g/mol. The molecule has 0 saturated carbocycles. The Hall–Kier alpha value is -2.12. The molecule has 7 nitrogen and oxygen atoms in total. The van der Waals surface area contributed by atoms with Crippen molar-refractivity contribution in [2.75, 3.05) is 19.0 Å². The molecule has 2 rings (SSSR count). The van der Waals surface area contributed by atoms with Crippen molar-refractivity contribution in [3.63, 3.8) is 0 Å². The number of benzene rings is 1. The summed E-state index contributed by atoms with van der Waals surface area (Å²) in [7, 11) is 1.62. The number of ether oxygens (including phenoxy) is 4. The van der Waals surface area contributed by atoms with Gasteiger partial charge in [0.15, 0.2) is 6.10 Å². The van der Waals surface area contributed by atoms with Crippen LogP contribution in [0.5, 0.6) is 0 Å². The van der Waals surface area contributed by atoms with E-state index in [2.05, 4.69) is 5.32 Å². The van der Waals surface area contributed by atoms with E-state index in [0.29, 0.717) is 25.3 Å². The minimum absolute atomic E-state index is 0.428. The van der Waals surface area contributed by atoms with Crippen molar-refractivity contribution >= 4 is 17.7 Å². The normalized spacial score (nSPS) is 20.6. The SMILES string of the molecule is COCc1ccc(NC(=O)OC2OCCCC2OC(C)=O)cc1. The topological polar surface area (TPSA) is 83.1 Å². The van der Waals surface area contributed by atoms with Crippen LogP contribution in [0.25, 0.3) is 0 Å². The van der Waals surface area contributed by atoms with E-state index in [1.807, 2.05) is 12.1 Å². The first-order valence-electron chi connectivity index (χ1n) is 7.43. The Morgan fingerprint density at radius 2 is 2.00 bits per heavy atom. The Balaban J connectivity index is 1.88. The van der Waals surface area contributed by atoms with Crippen LogP contribution in [0, 0.1) is 0 Å². The Morgan fingerprint density at radius 1 is 1.26 bits per heavy atom. The molecule has 0 spiro atoms. The number of anilines is 1. The predicted molar refractivity (Wildman–Crippen MR) is 81.8 cm³/mol. The highest BCUT2D eigenvalue weighted by Gasteiger charge is 2.31. The van der Waals surface area contributed by atoms with Gasteiger partial charge in [-0.1, -0.05) is 12.1 Å². The van der Waals surface area contributed by atoms with Crippen molar-refractivity contribution < 1.29 is 28.5 Å². The van der Waals surface area contributed by atoms with Crippen molar-refractivity contribution in [3.05, 3.63) is 29.8 Å². The molecule has 1 heterocycles. The number of methoxy groups -OCH3 is 1. The number of carbonyl (C=O) groups excluding carboxylic acids is 2. The molecular formula is C16H21NO6. The van der Waals surface area contributed by atoms with Crippen LogP contribution in [0.2, 0.25) is 0 Å². The smallest absolute Gasteiger partial charge is 0.414 e. The monoisotopic (exact) mass is 323 g/mol. The van der Waals surface area contributed by atoms with Gasteiger partial charge in [-0.2, -0.15) is 0 Å². The maximum absolute atomic E-state index is 11.9. The third kappa shape index (κ3) is 5.54. The Bertz CT molecular complexity index is 530. The number of hydrogen-bond donors (Lipinski definition) is 1. The first kappa shape index (κ1) is 17.2. The summed E-state index contributed by atoms with van der Waals surface area (Å²) in [6, 6.07) is 7.19. The molecule has 1 aromatic carbocycles. The third-order valence-corrected chi connectivity index (χ3v) is 3.27. The lowest BCUT2D eigenvalue weighted by Gasteiger charge is -2.30. The summed E-state index contributed by atoms with van der Waals surface area (Å²) in [5, 5.41) is 2.61. The van der Waals surface area contributed by atoms with E-state index in [9.17, 15) is 9.59 Å². The average Bonchev–Trinajstić information content (AvgIpc) is 2.51. The van der Waals surface area contributed by atoms with Gasteiger partial charge in [-0.05, 0) is 30.5 Å². The number of nitrogens with one attached hydrogen (secondary N) is 1. The van der Waals surface area contributed by atoms with E-state index in [1.165, 1.54) is 6.92 Å². The van der Waals surface area contributed by atoms with E-state index in [0.717, 1.165) is 12.0 Å². The van der Waals surface area contributed by atoms with Crippen molar-refractivity contribution in [1.82, 2.24) is 0 Å². The summed E-state index contributed by atoms with van der Waals surface area (Å²) in [4.78, 5) is 23.0. The largest absolute Gasteiger partial charge is 0.456 e. The van der Waals surface area contributed by atoms with Gasteiger partial charge in [-0.3, -0.25) is 10.1 Å². The fourth-order valence-electron chi connectivity index (χ4n) is 2.27. The standard InChI is InChI=1S/C16H21NO6/c1-11(18)22-14-4-3-9-21-15(14)23-16(19)17-13-7-5-12(6-8-13)10-20-2/h5-8,14-15H,3-4,9-10H2,1-2H3,(H,17,19). The third-order valence-electron chi connectivity index (χ3n) is 3.27. The highest BCUT2D eigenvalue weighted by molar-refractivity contribution is 5.84. The van der Waals surface area contributed by atoms with Gasteiger partial charge in [-0.15, -0.1) is 0 Å². The molecule has 23 heavy (non-hydrogen) atoms. The van der Waals surface area contributed by atoms with Crippen LogP contribution >= 0.6 is 0 Å². The van der Waals surface area contributed by atoms with Crippen LogP contribution in [-0.2, 0) is 30.3 Å². The van der Waals surface area contributed by atoms with E-state index in [1.54, 1.807) is 19.2 Å². The van der Waals surface area contributed by atoms with Gasteiger partial charge in [0, 0.05) is 19.7 Å². The summed E-state index contributed by atoms with van der Waals surface area (Å²) >= 11 is 0. The first-order chi connectivity index (χ1) is 11.1. The Kier molecular flexibility index (Phi) is 6.37. The molecule has 1 saturated heterocycles. The summed E-state index contributed by atoms with van der Waals surface area (Å²) in [5.74, 6) is -0.428. The molecule has 1 fully saturated rings. The zero-order valence-electron chi connectivity index (χ0n) is 13.2. The molecule has 1 amide bonds. The minimum Gasteiger partial charge on any atom is -0.456 e. The molecule has 2 unspecified atom stereocenters. The second-order valence-electron chi connectivity index (χ2n) is 5.19. The number of esters is 1. The van der Waals surface area contributed by atoms with Crippen molar-refractivity contribution in [1.29, 1.82) is 0 Å². The van der Waals surface area contributed by atoms with Crippen molar-refractivity contribution in [3.8, 4) is 0 Å². The summed E-state index contributed by atoms with van der Waals surface area (Å²) in [6.45, 7) is 2.28. The van der Waals surface area contributed by atoms with Gasteiger partial charge in [0.1, 0.15) is 0 Å².